The Labute approximate surface area is 282 Å². The van der Waals surface area contributed by atoms with Gasteiger partial charge in [0, 0.05) is 24.3 Å². The molecule has 9 nitrogen and oxygen atoms in total. The van der Waals surface area contributed by atoms with Crippen molar-refractivity contribution in [2.24, 2.45) is 0 Å². The molecule has 0 saturated carbocycles. The minimum atomic E-state index is 0.234. The maximum atomic E-state index is 6.63. The number of rotatable bonds is 26. The summed E-state index contributed by atoms with van der Waals surface area (Å²) < 4.78 is 53.6. The molecule has 9 heteroatoms. The van der Waals surface area contributed by atoms with Gasteiger partial charge in [0.05, 0.1) is 52.9 Å². The van der Waals surface area contributed by atoms with Crippen LogP contribution in [-0.4, -0.2) is 66.4 Å². The van der Waals surface area contributed by atoms with Crippen molar-refractivity contribution in [3.8, 4) is 23.0 Å². The highest BCUT2D eigenvalue weighted by atomic mass is 16.7. The number of benzene rings is 2. The van der Waals surface area contributed by atoms with E-state index in [4.69, 9.17) is 42.6 Å². The van der Waals surface area contributed by atoms with Gasteiger partial charge >= 0.3 is 0 Å². The zero-order chi connectivity index (χ0) is 33.1. The van der Waals surface area contributed by atoms with Gasteiger partial charge in [0.25, 0.3) is 0 Å². The van der Waals surface area contributed by atoms with E-state index >= 15 is 0 Å². The molecule has 0 aromatic heterocycles. The van der Waals surface area contributed by atoms with E-state index in [0.717, 1.165) is 98.7 Å². The third kappa shape index (κ3) is 11.2. The second kappa shape index (κ2) is 21.4. The highest BCUT2D eigenvalue weighted by Crippen LogP contribution is 2.42. The van der Waals surface area contributed by atoms with E-state index in [2.05, 4.69) is 39.8 Å². The maximum absolute atomic E-state index is 6.63. The van der Waals surface area contributed by atoms with Crippen molar-refractivity contribution in [2.75, 3.05) is 66.4 Å². The van der Waals surface area contributed by atoms with Crippen LogP contribution in [0.3, 0.4) is 0 Å². The van der Waals surface area contributed by atoms with Crippen LogP contribution in [0, 0.1) is 0 Å². The number of fused-ring (bicyclic) bond motifs is 2. The predicted octanol–water partition coefficient (Wildman–Crippen LogP) is 7.52. The lowest BCUT2D eigenvalue weighted by Crippen LogP contribution is -2.12. The van der Waals surface area contributed by atoms with Gasteiger partial charge in [-0.15, -0.1) is 0 Å². The summed E-state index contributed by atoms with van der Waals surface area (Å²) >= 11 is 0. The van der Waals surface area contributed by atoms with Crippen molar-refractivity contribution < 1.29 is 42.6 Å². The van der Waals surface area contributed by atoms with Gasteiger partial charge in [-0.1, -0.05) is 53.4 Å². The molecule has 4 rings (SSSR count). The van der Waals surface area contributed by atoms with Crippen molar-refractivity contribution in [3.05, 3.63) is 45.5 Å². The lowest BCUT2D eigenvalue weighted by molar-refractivity contribution is 0.0471. The minimum Gasteiger partial charge on any atom is -0.454 e. The SMILES string of the molecule is CCCCOCCOCCc1c(COCc2c(CCC)cc3c(c2CCOCCOCCCC)OCO3)c(CCC)cc2c1OCO2. The molecule has 2 aromatic rings. The Bertz CT molecular complexity index is 1110. The topological polar surface area (TPSA) is 83.1 Å². The molecule has 0 fully saturated rings. The van der Waals surface area contributed by atoms with Crippen LogP contribution in [0.4, 0.5) is 0 Å². The largest absolute Gasteiger partial charge is 0.454 e. The fourth-order valence-electron chi connectivity index (χ4n) is 6.03. The summed E-state index contributed by atoms with van der Waals surface area (Å²) in [6.07, 6.45) is 9.76. The van der Waals surface area contributed by atoms with E-state index in [0.29, 0.717) is 65.7 Å². The van der Waals surface area contributed by atoms with Crippen LogP contribution < -0.4 is 18.9 Å². The van der Waals surface area contributed by atoms with E-state index < -0.39 is 0 Å². The Morgan fingerprint density at radius 2 is 0.872 bits per heavy atom. The molecule has 0 unspecified atom stereocenters. The first-order valence-corrected chi connectivity index (χ1v) is 18.0. The van der Waals surface area contributed by atoms with Crippen LogP contribution >= 0.6 is 0 Å². The fraction of sp³-hybridized carbons (Fsp3) is 0.684. The Balaban J connectivity index is 1.46. The van der Waals surface area contributed by atoms with E-state index in [9.17, 15) is 0 Å². The van der Waals surface area contributed by atoms with Gasteiger partial charge in [-0.2, -0.15) is 0 Å². The summed E-state index contributed by atoms with van der Waals surface area (Å²) in [6, 6.07) is 4.27. The molecule has 0 N–H and O–H groups in total. The molecule has 0 spiro atoms. The first-order chi connectivity index (χ1) is 23.2. The lowest BCUT2D eigenvalue weighted by atomic mass is 9.94. The zero-order valence-electron chi connectivity index (χ0n) is 29.4. The van der Waals surface area contributed by atoms with Crippen molar-refractivity contribution in [3.63, 3.8) is 0 Å². The Hall–Kier alpha value is -2.56. The Morgan fingerprint density at radius 1 is 0.447 bits per heavy atom. The van der Waals surface area contributed by atoms with Gasteiger partial charge in [0.2, 0.25) is 13.6 Å². The quantitative estimate of drug-likeness (QED) is 0.0954. The number of unbranched alkanes of at least 4 members (excludes halogenated alkanes) is 2. The third-order valence-electron chi connectivity index (χ3n) is 8.50. The molecule has 0 atom stereocenters. The summed E-state index contributed by atoms with van der Waals surface area (Å²) in [5.41, 5.74) is 7.05. The number of hydrogen-bond donors (Lipinski definition) is 0. The molecule has 47 heavy (non-hydrogen) atoms. The second-order valence-corrected chi connectivity index (χ2v) is 12.1. The molecule has 264 valence electrons. The minimum absolute atomic E-state index is 0.234. The summed E-state index contributed by atoms with van der Waals surface area (Å²) in [5, 5.41) is 0. The summed E-state index contributed by atoms with van der Waals surface area (Å²) in [6.45, 7) is 15.2. The molecule has 0 radical (unpaired) electrons. The number of aryl methyl sites for hydroxylation is 2. The van der Waals surface area contributed by atoms with Crippen molar-refractivity contribution in [1.82, 2.24) is 0 Å². The molecule has 0 amide bonds. The normalized spacial score (nSPS) is 13.2. The van der Waals surface area contributed by atoms with Gasteiger partial charge < -0.3 is 42.6 Å². The van der Waals surface area contributed by atoms with Gasteiger partial charge in [-0.3, -0.25) is 0 Å². The lowest BCUT2D eigenvalue weighted by Gasteiger charge is -2.20. The van der Waals surface area contributed by atoms with Crippen LogP contribution in [0.5, 0.6) is 23.0 Å². The highest BCUT2D eigenvalue weighted by Gasteiger charge is 2.26. The first-order valence-electron chi connectivity index (χ1n) is 18.0. The molecule has 2 aliphatic heterocycles. The average molecular weight is 659 g/mol. The summed E-state index contributed by atoms with van der Waals surface area (Å²) in [5.74, 6) is 3.26. The molecule has 2 aliphatic rings. The zero-order valence-corrected chi connectivity index (χ0v) is 29.4. The van der Waals surface area contributed by atoms with E-state index in [-0.39, 0.29) is 13.6 Å². The van der Waals surface area contributed by atoms with E-state index in [1.807, 2.05) is 0 Å². The van der Waals surface area contributed by atoms with Crippen molar-refractivity contribution >= 4 is 0 Å². The van der Waals surface area contributed by atoms with Crippen LogP contribution in [-0.2, 0) is 62.6 Å². The summed E-state index contributed by atoms with van der Waals surface area (Å²) in [4.78, 5) is 0. The Kier molecular flexibility index (Phi) is 17.0. The van der Waals surface area contributed by atoms with Gasteiger partial charge in [-0.05, 0) is 72.9 Å². The smallest absolute Gasteiger partial charge is 0.231 e. The molecule has 0 bridgehead atoms. The predicted molar refractivity (Wildman–Crippen MR) is 182 cm³/mol. The first kappa shape index (κ1) is 37.3. The molecular formula is C38H58O9. The monoisotopic (exact) mass is 658 g/mol. The molecular weight excluding hydrogens is 600 g/mol. The highest BCUT2D eigenvalue weighted by molar-refractivity contribution is 5.57. The van der Waals surface area contributed by atoms with Crippen LogP contribution in [0.2, 0.25) is 0 Å². The fourth-order valence-corrected chi connectivity index (χ4v) is 6.03. The average Bonchev–Trinajstić information content (AvgIpc) is 3.75. The maximum Gasteiger partial charge on any atom is 0.231 e. The number of ether oxygens (including phenoxy) is 9. The Morgan fingerprint density at radius 3 is 1.28 bits per heavy atom. The van der Waals surface area contributed by atoms with Gasteiger partial charge in [0.15, 0.2) is 23.0 Å². The van der Waals surface area contributed by atoms with Gasteiger partial charge in [-0.25, -0.2) is 0 Å². The molecule has 2 heterocycles. The standard InChI is InChI=1S/C38H58O9/c1-5-9-15-39-19-21-41-17-13-31-33(29(11-7-3)23-35-37(31)46-27-44-35)25-43-26-34-30(12-8-4)24-36-38(47-28-45-36)32(34)14-18-42-22-20-40-16-10-6-2/h23-24H,5-22,25-28H2,1-4H3. The van der Waals surface area contributed by atoms with Crippen molar-refractivity contribution in [2.45, 2.75) is 105 Å². The van der Waals surface area contributed by atoms with E-state index in [1.54, 1.807) is 0 Å². The van der Waals surface area contributed by atoms with Gasteiger partial charge in [0.1, 0.15) is 0 Å². The summed E-state index contributed by atoms with van der Waals surface area (Å²) in [7, 11) is 0. The van der Waals surface area contributed by atoms with E-state index in [1.165, 1.54) is 22.3 Å². The second-order valence-electron chi connectivity index (χ2n) is 12.1. The van der Waals surface area contributed by atoms with Crippen LogP contribution in [0.25, 0.3) is 0 Å². The van der Waals surface area contributed by atoms with Crippen LogP contribution in [0.15, 0.2) is 12.1 Å². The van der Waals surface area contributed by atoms with Crippen molar-refractivity contribution in [1.29, 1.82) is 0 Å². The molecule has 0 saturated heterocycles. The number of hydrogen-bond acceptors (Lipinski definition) is 9. The third-order valence-corrected chi connectivity index (χ3v) is 8.50. The molecule has 0 aliphatic carbocycles. The molecule has 2 aromatic carbocycles. The van der Waals surface area contributed by atoms with Crippen LogP contribution in [0.1, 0.15) is 99.6 Å².